The lowest BCUT2D eigenvalue weighted by atomic mass is 10.1. The minimum atomic E-state index is -0.858. The van der Waals surface area contributed by atoms with Crippen molar-refractivity contribution in [2.24, 2.45) is 0 Å². The van der Waals surface area contributed by atoms with Crippen molar-refractivity contribution >= 4 is 28.8 Å². The fourth-order valence-corrected chi connectivity index (χ4v) is 4.13. The van der Waals surface area contributed by atoms with Crippen LogP contribution in [0.5, 0.6) is 0 Å². The predicted molar refractivity (Wildman–Crippen MR) is 128 cm³/mol. The van der Waals surface area contributed by atoms with Gasteiger partial charge in [-0.25, -0.2) is 9.78 Å². The number of hydrogen-bond acceptors (Lipinski definition) is 7. The minimum Gasteiger partial charge on any atom is -0.465 e. The number of piperidine rings is 1. The second kappa shape index (κ2) is 9.05. The van der Waals surface area contributed by atoms with Crippen molar-refractivity contribution in [3.8, 4) is 11.1 Å². The first-order valence-corrected chi connectivity index (χ1v) is 11.3. The molecule has 2 N–H and O–H groups in total. The number of aromatic nitrogens is 6. The van der Waals surface area contributed by atoms with Gasteiger partial charge in [0.1, 0.15) is 5.82 Å². The Labute approximate surface area is 196 Å². The Kier molecular flexibility index (Phi) is 5.79. The molecule has 0 aliphatic carbocycles. The summed E-state index contributed by atoms with van der Waals surface area (Å²) in [6, 6.07) is 7.97. The van der Waals surface area contributed by atoms with Crippen LogP contribution < -0.4 is 5.32 Å². The lowest BCUT2D eigenvalue weighted by Crippen LogP contribution is -2.38. The molecule has 5 heterocycles. The van der Waals surface area contributed by atoms with E-state index in [0.29, 0.717) is 30.6 Å². The molecule has 4 aromatic rings. The molecule has 0 atom stereocenters. The minimum absolute atomic E-state index is 0.189. The Morgan fingerprint density at radius 3 is 2.65 bits per heavy atom. The summed E-state index contributed by atoms with van der Waals surface area (Å²) in [5, 5.41) is 25.2. The third-order valence-corrected chi connectivity index (χ3v) is 6.18. The van der Waals surface area contributed by atoms with Crippen molar-refractivity contribution in [2.75, 3.05) is 18.4 Å². The number of fused-ring (bicyclic) bond motifs is 1. The number of likely N-dealkylation sites (tertiary alicyclic amines) is 1. The molecular weight excluding hydrogens is 432 g/mol. The number of anilines is 2. The lowest BCUT2D eigenvalue weighted by molar-refractivity contribution is 0.124. The zero-order chi connectivity index (χ0) is 23.7. The summed E-state index contributed by atoms with van der Waals surface area (Å²) in [5.74, 6) is 1.68. The normalized spacial score (nSPS) is 14.6. The van der Waals surface area contributed by atoms with E-state index in [2.05, 4.69) is 39.4 Å². The largest absolute Gasteiger partial charge is 0.465 e. The molecule has 0 radical (unpaired) electrons. The average Bonchev–Trinajstić information content (AvgIpc) is 3.34. The van der Waals surface area contributed by atoms with Crippen LogP contribution in [-0.2, 0) is 0 Å². The van der Waals surface area contributed by atoms with Gasteiger partial charge in [-0.1, -0.05) is 13.8 Å². The van der Waals surface area contributed by atoms with E-state index >= 15 is 0 Å². The number of amides is 1. The number of hydrogen-bond donors (Lipinski definition) is 2. The van der Waals surface area contributed by atoms with E-state index in [1.807, 2.05) is 47.5 Å². The zero-order valence-electron chi connectivity index (χ0n) is 19.1. The molecule has 34 heavy (non-hydrogen) atoms. The first-order valence-electron chi connectivity index (χ1n) is 11.3. The topological polar surface area (TPSA) is 122 Å². The molecule has 0 spiro atoms. The maximum absolute atomic E-state index is 11.1. The van der Waals surface area contributed by atoms with Crippen LogP contribution in [0.2, 0.25) is 0 Å². The SMILES string of the molecule is CC(C)c1cnnc(Nc2ccc3ncc(-c4cnn(C5CCN(C(=O)O)CC5)c4)cc3n2)c1. The van der Waals surface area contributed by atoms with E-state index < -0.39 is 6.09 Å². The van der Waals surface area contributed by atoms with Crippen molar-refractivity contribution in [3.05, 3.63) is 54.6 Å². The second-order valence-corrected chi connectivity index (χ2v) is 8.82. The first-order chi connectivity index (χ1) is 16.5. The number of pyridine rings is 2. The molecule has 0 bridgehead atoms. The Hall–Kier alpha value is -4.08. The van der Waals surface area contributed by atoms with Crippen LogP contribution in [0.3, 0.4) is 0 Å². The summed E-state index contributed by atoms with van der Waals surface area (Å²) in [7, 11) is 0. The summed E-state index contributed by atoms with van der Waals surface area (Å²) < 4.78 is 1.94. The van der Waals surface area contributed by atoms with Gasteiger partial charge in [0.2, 0.25) is 0 Å². The summed E-state index contributed by atoms with van der Waals surface area (Å²) in [6.45, 7) is 5.28. The lowest BCUT2D eigenvalue weighted by Gasteiger charge is -2.30. The van der Waals surface area contributed by atoms with Gasteiger partial charge in [0, 0.05) is 36.6 Å². The maximum Gasteiger partial charge on any atom is 0.407 e. The van der Waals surface area contributed by atoms with Crippen molar-refractivity contribution in [2.45, 2.75) is 38.6 Å². The van der Waals surface area contributed by atoms with Gasteiger partial charge in [0.25, 0.3) is 0 Å². The standard InChI is InChI=1S/C24H26N8O2/c1-15(2)16-10-23(30-26-12-16)29-22-4-3-20-21(28-22)9-17(11-25-20)18-13-27-32(14-18)19-5-7-31(8-6-19)24(33)34/h3-4,9-15,19H,5-8H2,1-2H3,(H,33,34)(H,28,29,30). The molecule has 1 amide bonds. The van der Waals surface area contributed by atoms with Gasteiger partial charge in [-0.3, -0.25) is 9.67 Å². The number of nitrogens with zero attached hydrogens (tertiary/aromatic N) is 7. The highest BCUT2D eigenvalue weighted by atomic mass is 16.4. The highest BCUT2D eigenvalue weighted by molar-refractivity contribution is 5.81. The van der Waals surface area contributed by atoms with Gasteiger partial charge in [0.15, 0.2) is 5.82 Å². The molecule has 10 heteroatoms. The summed E-state index contributed by atoms with van der Waals surface area (Å²) in [5.41, 5.74) is 4.54. The molecule has 1 saturated heterocycles. The Morgan fingerprint density at radius 2 is 1.88 bits per heavy atom. The van der Waals surface area contributed by atoms with Gasteiger partial charge >= 0.3 is 6.09 Å². The van der Waals surface area contributed by atoms with E-state index in [9.17, 15) is 4.79 Å². The highest BCUT2D eigenvalue weighted by Crippen LogP contribution is 2.27. The van der Waals surface area contributed by atoms with Crippen LogP contribution in [0.25, 0.3) is 22.2 Å². The Bertz CT molecular complexity index is 1330. The quantitative estimate of drug-likeness (QED) is 0.449. The van der Waals surface area contributed by atoms with Crippen molar-refractivity contribution in [1.82, 2.24) is 34.8 Å². The number of rotatable bonds is 5. The van der Waals surface area contributed by atoms with Crippen LogP contribution in [0.15, 0.2) is 49.1 Å². The molecule has 0 aromatic carbocycles. The third-order valence-electron chi connectivity index (χ3n) is 6.18. The molecule has 1 fully saturated rings. The molecule has 5 rings (SSSR count). The fourth-order valence-electron chi connectivity index (χ4n) is 4.13. The summed E-state index contributed by atoms with van der Waals surface area (Å²) >= 11 is 0. The maximum atomic E-state index is 11.1. The molecule has 1 aliphatic rings. The Balaban J connectivity index is 1.35. The number of carbonyl (C=O) groups is 1. The second-order valence-electron chi connectivity index (χ2n) is 8.82. The van der Waals surface area contributed by atoms with Gasteiger partial charge in [0.05, 0.1) is 29.5 Å². The van der Waals surface area contributed by atoms with Crippen LogP contribution in [-0.4, -0.2) is 59.1 Å². The molecule has 4 aromatic heterocycles. The van der Waals surface area contributed by atoms with Crippen LogP contribution in [0.4, 0.5) is 16.4 Å². The zero-order valence-corrected chi connectivity index (χ0v) is 19.1. The van der Waals surface area contributed by atoms with E-state index in [4.69, 9.17) is 10.1 Å². The van der Waals surface area contributed by atoms with E-state index in [1.165, 1.54) is 4.90 Å². The van der Waals surface area contributed by atoms with Crippen LogP contribution in [0.1, 0.15) is 44.2 Å². The third kappa shape index (κ3) is 4.52. The van der Waals surface area contributed by atoms with Gasteiger partial charge < -0.3 is 15.3 Å². The predicted octanol–water partition coefficient (Wildman–Crippen LogP) is 4.47. The van der Waals surface area contributed by atoms with E-state index in [0.717, 1.165) is 40.6 Å². The van der Waals surface area contributed by atoms with Crippen molar-refractivity contribution < 1.29 is 9.90 Å². The smallest absolute Gasteiger partial charge is 0.407 e. The molecule has 174 valence electrons. The van der Waals surface area contributed by atoms with Gasteiger partial charge in [-0.2, -0.15) is 10.2 Å². The number of nitrogens with one attached hydrogen (secondary N) is 1. The summed E-state index contributed by atoms with van der Waals surface area (Å²) in [4.78, 5) is 21.9. The van der Waals surface area contributed by atoms with E-state index in [1.54, 1.807) is 6.20 Å². The fraction of sp³-hybridized carbons (Fsp3) is 0.333. The average molecular weight is 459 g/mol. The molecular formula is C24H26N8O2. The van der Waals surface area contributed by atoms with Crippen LogP contribution >= 0.6 is 0 Å². The van der Waals surface area contributed by atoms with Gasteiger partial charge in [-0.05, 0) is 48.6 Å². The molecule has 0 saturated carbocycles. The first kappa shape index (κ1) is 21.7. The van der Waals surface area contributed by atoms with E-state index in [-0.39, 0.29) is 6.04 Å². The highest BCUT2D eigenvalue weighted by Gasteiger charge is 2.24. The van der Waals surface area contributed by atoms with Crippen molar-refractivity contribution in [3.63, 3.8) is 0 Å². The van der Waals surface area contributed by atoms with Crippen LogP contribution in [0, 0.1) is 0 Å². The summed E-state index contributed by atoms with van der Waals surface area (Å²) in [6.07, 6.45) is 8.06. The monoisotopic (exact) mass is 458 g/mol. The molecule has 10 nitrogen and oxygen atoms in total. The van der Waals surface area contributed by atoms with Gasteiger partial charge in [-0.15, -0.1) is 5.10 Å². The van der Waals surface area contributed by atoms with Crippen molar-refractivity contribution in [1.29, 1.82) is 0 Å². The molecule has 0 unspecified atom stereocenters. The molecule has 1 aliphatic heterocycles. The number of carboxylic acid groups (broad SMARTS) is 1. The Morgan fingerprint density at radius 1 is 1.06 bits per heavy atom.